The SMILES string of the molecule is Nc1c(NN2CCc3ccc(CNC(=O)c4cc(C(=O)O)n5c(O)cnc5n4)cc3C2)c(=O)c1=O. The van der Waals surface area contributed by atoms with Crippen LogP contribution < -0.4 is 27.3 Å². The summed E-state index contributed by atoms with van der Waals surface area (Å²) < 4.78 is 0.930. The van der Waals surface area contributed by atoms with Gasteiger partial charge in [0.2, 0.25) is 11.7 Å². The highest BCUT2D eigenvalue weighted by molar-refractivity contribution is 5.96. The first-order chi connectivity index (χ1) is 16.7. The first kappa shape index (κ1) is 22.0. The number of fused-ring (bicyclic) bond motifs is 2. The highest BCUT2D eigenvalue weighted by Gasteiger charge is 2.23. The van der Waals surface area contributed by atoms with Gasteiger partial charge in [0.05, 0.1) is 6.20 Å². The summed E-state index contributed by atoms with van der Waals surface area (Å²) in [6.45, 7) is 1.23. The zero-order valence-electron chi connectivity index (χ0n) is 18.1. The van der Waals surface area contributed by atoms with E-state index in [4.69, 9.17) is 5.73 Å². The molecule has 0 radical (unpaired) electrons. The normalized spacial score (nSPS) is 13.6. The number of carboxylic acid groups (broad SMARTS) is 1. The number of aromatic nitrogens is 3. The first-order valence-electron chi connectivity index (χ1n) is 10.5. The number of carbonyl (C=O) groups is 2. The van der Waals surface area contributed by atoms with Gasteiger partial charge in [-0.15, -0.1) is 0 Å². The van der Waals surface area contributed by atoms with E-state index in [0.717, 1.165) is 33.4 Å². The molecular formula is C22H19N7O6. The lowest BCUT2D eigenvalue weighted by Gasteiger charge is -2.30. The van der Waals surface area contributed by atoms with Crippen LogP contribution >= 0.6 is 0 Å². The van der Waals surface area contributed by atoms with Crippen LogP contribution in [0.25, 0.3) is 5.78 Å². The lowest BCUT2D eigenvalue weighted by Crippen LogP contribution is -2.43. The van der Waals surface area contributed by atoms with E-state index in [1.54, 1.807) is 5.01 Å². The van der Waals surface area contributed by atoms with E-state index in [1.807, 2.05) is 18.2 Å². The summed E-state index contributed by atoms with van der Waals surface area (Å²) in [5, 5.41) is 23.7. The van der Waals surface area contributed by atoms with Crippen molar-refractivity contribution in [2.45, 2.75) is 19.5 Å². The van der Waals surface area contributed by atoms with Crippen molar-refractivity contribution in [2.75, 3.05) is 17.7 Å². The Morgan fingerprint density at radius 2 is 1.94 bits per heavy atom. The number of aromatic carboxylic acids is 1. The van der Waals surface area contributed by atoms with Gasteiger partial charge >= 0.3 is 5.97 Å². The average molecular weight is 477 g/mol. The number of aromatic hydroxyl groups is 1. The topological polar surface area (TPSA) is 192 Å². The second kappa shape index (κ2) is 8.22. The predicted molar refractivity (Wildman–Crippen MR) is 123 cm³/mol. The third kappa shape index (κ3) is 3.83. The molecule has 178 valence electrons. The third-order valence-corrected chi connectivity index (χ3v) is 5.86. The second-order valence-electron chi connectivity index (χ2n) is 8.10. The molecule has 2 aromatic heterocycles. The van der Waals surface area contributed by atoms with E-state index >= 15 is 0 Å². The molecule has 0 atom stereocenters. The fourth-order valence-corrected chi connectivity index (χ4v) is 4.02. The third-order valence-electron chi connectivity index (χ3n) is 5.86. The second-order valence-corrected chi connectivity index (χ2v) is 8.10. The first-order valence-corrected chi connectivity index (χ1v) is 10.5. The Bertz CT molecular complexity index is 1580. The maximum absolute atomic E-state index is 12.7. The van der Waals surface area contributed by atoms with Crippen LogP contribution in [0.5, 0.6) is 5.88 Å². The van der Waals surface area contributed by atoms with Crippen molar-refractivity contribution >= 4 is 29.0 Å². The van der Waals surface area contributed by atoms with Crippen LogP contribution in [0.2, 0.25) is 0 Å². The Kier molecular flexibility index (Phi) is 5.17. The summed E-state index contributed by atoms with van der Waals surface area (Å²) in [6, 6.07) is 6.82. The molecule has 0 spiro atoms. The van der Waals surface area contributed by atoms with Gasteiger partial charge in [-0.25, -0.2) is 24.2 Å². The number of imidazole rings is 1. The number of nitrogens with two attached hydrogens (primary N) is 1. The lowest BCUT2D eigenvalue weighted by atomic mass is 9.98. The van der Waals surface area contributed by atoms with Crippen molar-refractivity contribution in [3.8, 4) is 5.88 Å². The van der Waals surface area contributed by atoms with Crippen LogP contribution in [0.3, 0.4) is 0 Å². The quantitative estimate of drug-likeness (QED) is 0.227. The minimum absolute atomic E-state index is 0.0688. The van der Waals surface area contributed by atoms with Crippen molar-refractivity contribution < 1.29 is 19.8 Å². The Labute approximate surface area is 196 Å². The Morgan fingerprint density at radius 3 is 2.69 bits per heavy atom. The molecule has 1 aliphatic rings. The molecule has 0 fully saturated rings. The summed E-state index contributed by atoms with van der Waals surface area (Å²) in [4.78, 5) is 55.1. The number of carboxylic acids is 1. The summed E-state index contributed by atoms with van der Waals surface area (Å²) >= 11 is 0. The van der Waals surface area contributed by atoms with Gasteiger partial charge in [-0.1, -0.05) is 18.2 Å². The van der Waals surface area contributed by atoms with Gasteiger partial charge < -0.3 is 26.7 Å². The number of hydrogen-bond donors (Lipinski definition) is 5. The van der Waals surface area contributed by atoms with Crippen LogP contribution in [-0.4, -0.2) is 48.0 Å². The van der Waals surface area contributed by atoms with Crippen molar-refractivity contribution in [1.82, 2.24) is 24.7 Å². The number of rotatable bonds is 6. The van der Waals surface area contributed by atoms with E-state index in [1.165, 1.54) is 0 Å². The zero-order chi connectivity index (χ0) is 24.9. The Balaban J connectivity index is 1.29. The molecule has 4 aromatic rings. The summed E-state index contributed by atoms with van der Waals surface area (Å²) in [6.07, 6.45) is 1.76. The van der Waals surface area contributed by atoms with E-state index in [9.17, 15) is 29.4 Å². The molecule has 3 heterocycles. The van der Waals surface area contributed by atoms with Gasteiger partial charge in [-0.05, 0) is 23.1 Å². The van der Waals surface area contributed by atoms with Crippen LogP contribution in [0.4, 0.5) is 11.4 Å². The van der Waals surface area contributed by atoms with E-state index in [-0.39, 0.29) is 35.1 Å². The molecular weight excluding hydrogens is 458 g/mol. The predicted octanol–water partition coefficient (Wildman–Crippen LogP) is -0.374. The van der Waals surface area contributed by atoms with E-state index < -0.39 is 28.6 Å². The zero-order valence-corrected chi connectivity index (χ0v) is 18.1. The molecule has 35 heavy (non-hydrogen) atoms. The number of anilines is 2. The lowest BCUT2D eigenvalue weighted by molar-refractivity contribution is 0.0687. The molecule has 0 aliphatic carbocycles. The number of benzene rings is 1. The number of hydrazine groups is 1. The minimum atomic E-state index is -1.35. The van der Waals surface area contributed by atoms with E-state index in [2.05, 4.69) is 20.7 Å². The van der Waals surface area contributed by atoms with Gasteiger partial charge in [0.15, 0.2) is 0 Å². The van der Waals surface area contributed by atoms with Crippen molar-refractivity contribution in [3.05, 3.63) is 79.0 Å². The number of carbonyl (C=O) groups excluding carboxylic acids is 1. The average Bonchev–Trinajstić information content (AvgIpc) is 3.24. The van der Waals surface area contributed by atoms with Gasteiger partial charge in [0.25, 0.3) is 16.8 Å². The van der Waals surface area contributed by atoms with Gasteiger partial charge in [0.1, 0.15) is 22.8 Å². The smallest absolute Gasteiger partial charge is 0.353 e. The van der Waals surface area contributed by atoms with Crippen LogP contribution in [0.1, 0.15) is 37.7 Å². The van der Waals surface area contributed by atoms with Gasteiger partial charge in [0, 0.05) is 25.7 Å². The molecule has 13 heteroatoms. The molecule has 0 saturated carbocycles. The molecule has 2 aromatic carbocycles. The summed E-state index contributed by atoms with van der Waals surface area (Å²) in [7, 11) is 0. The molecule has 6 N–H and O–H groups in total. The number of amides is 1. The largest absolute Gasteiger partial charge is 0.493 e. The van der Waals surface area contributed by atoms with Crippen LogP contribution in [0.15, 0.2) is 40.1 Å². The van der Waals surface area contributed by atoms with Crippen LogP contribution in [-0.2, 0) is 19.5 Å². The maximum Gasteiger partial charge on any atom is 0.353 e. The summed E-state index contributed by atoms with van der Waals surface area (Å²) in [5.41, 5.74) is 9.62. The molecule has 0 saturated heterocycles. The number of nitrogens with one attached hydrogen (secondary N) is 2. The number of hydrogen-bond acceptors (Lipinski definition) is 10. The Morgan fingerprint density at radius 1 is 1.14 bits per heavy atom. The van der Waals surface area contributed by atoms with E-state index in [0.29, 0.717) is 19.5 Å². The van der Waals surface area contributed by atoms with Crippen LogP contribution in [0, 0.1) is 0 Å². The highest BCUT2D eigenvalue weighted by atomic mass is 16.4. The number of nitrogens with zero attached hydrogens (tertiary/aromatic N) is 4. The monoisotopic (exact) mass is 477 g/mol. The molecule has 1 amide bonds. The minimum Gasteiger partial charge on any atom is -0.493 e. The highest BCUT2D eigenvalue weighted by Crippen LogP contribution is 2.22. The fraction of sp³-hybridized carbons (Fsp3) is 0.182. The van der Waals surface area contributed by atoms with Crippen molar-refractivity contribution in [3.63, 3.8) is 0 Å². The molecule has 0 unspecified atom stereocenters. The molecule has 0 bridgehead atoms. The molecule has 13 nitrogen and oxygen atoms in total. The maximum atomic E-state index is 12.7. The van der Waals surface area contributed by atoms with Crippen molar-refractivity contribution in [2.24, 2.45) is 0 Å². The summed E-state index contributed by atoms with van der Waals surface area (Å²) in [5.74, 6) is -2.47. The Hall–Kier alpha value is -4.78. The van der Waals surface area contributed by atoms with Gasteiger partial charge in [-0.2, -0.15) is 0 Å². The van der Waals surface area contributed by atoms with Gasteiger partial charge in [-0.3, -0.25) is 14.4 Å². The number of nitrogen functional groups attached to an aromatic ring is 1. The van der Waals surface area contributed by atoms with Crippen molar-refractivity contribution in [1.29, 1.82) is 0 Å². The molecule has 1 aliphatic heterocycles. The fourth-order valence-electron chi connectivity index (χ4n) is 4.02. The molecule has 5 rings (SSSR count). The standard InChI is InChI=1S/C22H19N7O6/c23-16-17(19(32)18(16)31)27-28-4-3-11-2-1-10(5-12(11)9-28)7-24-20(33)13-6-14(21(34)35)29-15(30)8-25-22(29)26-13/h1-2,5-6,8,27,30H,3-4,7,9,23H2,(H,24,33)(H,34,35).